The molecule has 0 heterocycles. The van der Waals surface area contributed by atoms with Gasteiger partial charge >= 0.3 is 0 Å². The van der Waals surface area contributed by atoms with Crippen LogP contribution in [0.25, 0.3) is 0 Å². The maximum atomic E-state index is 10.3. The van der Waals surface area contributed by atoms with E-state index in [1.807, 2.05) is 31.2 Å². The molecule has 1 aromatic rings. The molecule has 2 nitrogen and oxygen atoms in total. The lowest BCUT2D eigenvalue weighted by Gasteiger charge is -2.34. The number of benzene rings is 1. The lowest BCUT2D eigenvalue weighted by molar-refractivity contribution is -0.0792. The van der Waals surface area contributed by atoms with Gasteiger partial charge in [0.2, 0.25) is 0 Å². The maximum Gasteiger partial charge on any atom is 0.0900 e. The zero-order valence-electron chi connectivity index (χ0n) is 12.0. The number of hydrogen-bond acceptors (Lipinski definition) is 3. The highest BCUT2D eigenvalue weighted by atomic mass is 35.5. The van der Waals surface area contributed by atoms with Gasteiger partial charge in [-0.1, -0.05) is 38.4 Å². The lowest BCUT2D eigenvalue weighted by Crippen LogP contribution is -2.41. The fraction of sp³-hybridized carbons (Fsp3) is 0.600. The summed E-state index contributed by atoms with van der Waals surface area (Å²) in [5, 5.41) is 11.0. The predicted octanol–water partition coefficient (Wildman–Crippen LogP) is 4.24. The maximum absolute atomic E-state index is 10.3. The molecule has 19 heavy (non-hydrogen) atoms. The van der Waals surface area contributed by atoms with Crippen molar-refractivity contribution in [2.24, 2.45) is 5.41 Å². The summed E-state index contributed by atoms with van der Waals surface area (Å²) in [5.41, 5.74) is -0.0790. The number of hydrogen-bond donors (Lipinski definition) is 1. The van der Waals surface area contributed by atoms with E-state index in [1.54, 1.807) is 11.8 Å². The molecule has 0 amide bonds. The molecule has 0 aliphatic heterocycles. The van der Waals surface area contributed by atoms with Crippen LogP contribution in [-0.4, -0.2) is 29.7 Å². The molecule has 0 saturated carbocycles. The van der Waals surface area contributed by atoms with Crippen LogP contribution in [0.15, 0.2) is 29.2 Å². The van der Waals surface area contributed by atoms with E-state index in [0.29, 0.717) is 12.4 Å². The van der Waals surface area contributed by atoms with Crippen LogP contribution in [0.3, 0.4) is 0 Å². The average Bonchev–Trinajstić information content (AvgIpc) is 2.32. The van der Waals surface area contributed by atoms with E-state index in [0.717, 1.165) is 9.92 Å². The minimum absolute atomic E-state index is 0.0790. The molecule has 1 aromatic carbocycles. The second kappa shape index (κ2) is 7.53. The van der Waals surface area contributed by atoms with Gasteiger partial charge in [0.05, 0.1) is 12.2 Å². The van der Waals surface area contributed by atoms with Gasteiger partial charge in [0.15, 0.2) is 0 Å². The van der Waals surface area contributed by atoms with Crippen LogP contribution >= 0.6 is 23.4 Å². The number of ether oxygens (including phenoxy) is 1. The molecule has 0 saturated heterocycles. The standard InChI is InChI=1S/C15H23ClO2S/c1-5-18-14(15(2,3)4)13(17)10-19-12-8-6-7-11(16)9-12/h6-9,13-14,17H,5,10H2,1-4H3. The predicted molar refractivity (Wildman–Crippen MR) is 83.1 cm³/mol. The Bertz CT molecular complexity index is 390. The minimum atomic E-state index is -0.496. The highest BCUT2D eigenvalue weighted by Gasteiger charge is 2.31. The Kier molecular flexibility index (Phi) is 6.67. The molecule has 0 spiro atoms. The summed E-state index contributed by atoms with van der Waals surface area (Å²) >= 11 is 7.54. The van der Waals surface area contributed by atoms with E-state index < -0.39 is 6.10 Å². The average molecular weight is 303 g/mol. The van der Waals surface area contributed by atoms with Crippen molar-refractivity contribution in [3.05, 3.63) is 29.3 Å². The van der Waals surface area contributed by atoms with Gasteiger partial charge in [-0.2, -0.15) is 0 Å². The Labute approximate surface area is 125 Å². The monoisotopic (exact) mass is 302 g/mol. The molecule has 0 aliphatic carbocycles. The van der Waals surface area contributed by atoms with Crippen LogP contribution in [0.2, 0.25) is 5.02 Å². The summed E-state index contributed by atoms with van der Waals surface area (Å²) in [6.07, 6.45) is -0.659. The Morgan fingerprint density at radius 1 is 1.37 bits per heavy atom. The first-order chi connectivity index (χ1) is 8.84. The number of aliphatic hydroxyl groups excluding tert-OH is 1. The third-order valence-corrected chi connectivity index (χ3v) is 4.10. The van der Waals surface area contributed by atoms with Crippen molar-refractivity contribution in [1.29, 1.82) is 0 Å². The largest absolute Gasteiger partial charge is 0.390 e. The normalized spacial score (nSPS) is 15.3. The van der Waals surface area contributed by atoms with Gasteiger partial charge in [-0.05, 0) is 30.5 Å². The third kappa shape index (κ3) is 5.74. The van der Waals surface area contributed by atoms with Gasteiger partial charge in [-0.25, -0.2) is 0 Å². The highest BCUT2D eigenvalue weighted by molar-refractivity contribution is 7.99. The zero-order valence-corrected chi connectivity index (χ0v) is 13.6. The topological polar surface area (TPSA) is 29.5 Å². The van der Waals surface area contributed by atoms with Crippen molar-refractivity contribution in [2.75, 3.05) is 12.4 Å². The molecule has 1 rings (SSSR count). The Morgan fingerprint density at radius 3 is 2.58 bits per heavy atom. The highest BCUT2D eigenvalue weighted by Crippen LogP contribution is 2.29. The first kappa shape index (κ1) is 16.8. The summed E-state index contributed by atoms with van der Waals surface area (Å²) < 4.78 is 5.69. The molecular weight excluding hydrogens is 280 g/mol. The van der Waals surface area contributed by atoms with Crippen LogP contribution in [0, 0.1) is 5.41 Å². The second-order valence-electron chi connectivity index (χ2n) is 5.58. The van der Waals surface area contributed by atoms with E-state index in [-0.39, 0.29) is 11.5 Å². The van der Waals surface area contributed by atoms with Crippen LogP contribution in [0.1, 0.15) is 27.7 Å². The molecule has 4 heteroatoms. The van der Waals surface area contributed by atoms with Crippen LogP contribution in [0.4, 0.5) is 0 Å². The number of thioether (sulfide) groups is 1. The summed E-state index contributed by atoms with van der Waals surface area (Å²) in [5.74, 6) is 0.599. The van der Waals surface area contributed by atoms with Crippen molar-refractivity contribution < 1.29 is 9.84 Å². The quantitative estimate of drug-likeness (QED) is 0.797. The van der Waals surface area contributed by atoms with E-state index in [2.05, 4.69) is 20.8 Å². The Morgan fingerprint density at radius 2 is 2.05 bits per heavy atom. The SMILES string of the molecule is CCOC(C(O)CSc1cccc(Cl)c1)C(C)(C)C. The van der Waals surface area contributed by atoms with Gasteiger partial charge < -0.3 is 9.84 Å². The molecular formula is C15H23ClO2S. The van der Waals surface area contributed by atoms with Crippen molar-refractivity contribution in [3.8, 4) is 0 Å². The van der Waals surface area contributed by atoms with E-state index in [4.69, 9.17) is 16.3 Å². The molecule has 108 valence electrons. The van der Waals surface area contributed by atoms with Crippen LogP contribution < -0.4 is 0 Å². The van der Waals surface area contributed by atoms with Crippen molar-refractivity contribution in [3.63, 3.8) is 0 Å². The molecule has 0 aliphatic rings. The first-order valence-electron chi connectivity index (χ1n) is 6.52. The lowest BCUT2D eigenvalue weighted by atomic mass is 9.86. The van der Waals surface area contributed by atoms with Crippen molar-refractivity contribution in [1.82, 2.24) is 0 Å². The van der Waals surface area contributed by atoms with Crippen LogP contribution in [-0.2, 0) is 4.74 Å². The Hall–Kier alpha value is -0.220. The Balaban J connectivity index is 2.60. The van der Waals surface area contributed by atoms with E-state index >= 15 is 0 Å². The summed E-state index contributed by atoms with van der Waals surface area (Å²) in [6.45, 7) is 8.82. The fourth-order valence-corrected chi connectivity index (χ4v) is 3.12. The van der Waals surface area contributed by atoms with Gasteiger partial charge in [0.25, 0.3) is 0 Å². The first-order valence-corrected chi connectivity index (χ1v) is 7.89. The van der Waals surface area contributed by atoms with E-state index in [9.17, 15) is 5.11 Å². The smallest absolute Gasteiger partial charge is 0.0900 e. The molecule has 1 N–H and O–H groups in total. The third-order valence-electron chi connectivity index (χ3n) is 2.77. The molecule has 2 atom stereocenters. The summed E-state index contributed by atoms with van der Waals surface area (Å²) in [4.78, 5) is 1.07. The summed E-state index contributed by atoms with van der Waals surface area (Å²) in [6, 6.07) is 7.67. The number of halogens is 1. The summed E-state index contributed by atoms with van der Waals surface area (Å²) in [7, 11) is 0. The van der Waals surface area contributed by atoms with Crippen molar-refractivity contribution >= 4 is 23.4 Å². The molecule has 0 aromatic heterocycles. The van der Waals surface area contributed by atoms with Gasteiger partial charge in [-0.3, -0.25) is 0 Å². The fourth-order valence-electron chi connectivity index (χ4n) is 1.94. The minimum Gasteiger partial charge on any atom is -0.390 e. The van der Waals surface area contributed by atoms with E-state index in [1.165, 1.54) is 0 Å². The van der Waals surface area contributed by atoms with Crippen LogP contribution in [0.5, 0.6) is 0 Å². The molecule has 2 unspecified atom stereocenters. The second-order valence-corrected chi connectivity index (χ2v) is 7.11. The zero-order chi connectivity index (χ0) is 14.5. The number of aliphatic hydroxyl groups is 1. The van der Waals surface area contributed by atoms with Gasteiger partial charge in [0, 0.05) is 22.3 Å². The molecule has 0 fully saturated rings. The van der Waals surface area contributed by atoms with Gasteiger partial charge in [0.1, 0.15) is 0 Å². The molecule has 0 bridgehead atoms. The van der Waals surface area contributed by atoms with Crippen molar-refractivity contribution in [2.45, 2.75) is 44.8 Å². The molecule has 0 radical (unpaired) electrons. The number of rotatable bonds is 6. The van der Waals surface area contributed by atoms with Gasteiger partial charge in [-0.15, -0.1) is 11.8 Å².